The van der Waals surface area contributed by atoms with Crippen LogP contribution in [0.2, 0.25) is 0 Å². The first kappa shape index (κ1) is 14.8. The van der Waals surface area contributed by atoms with Crippen molar-refractivity contribution in [2.45, 2.75) is 6.42 Å². The molecule has 5 heteroatoms. The number of carbonyl (C=O) groups excluding carboxylic acids is 1. The predicted molar refractivity (Wildman–Crippen MR) is 87.7 cm³/mol. The molecule has 0 fully saturated rings. The first-order chi connectivity index (χ1) is 11.1. The molecule has 0 saturated heterocycles. The van der Waals surface area contributed by atoms with Gasteiger partial charge in [0.25, 0.3) is 5.91 Å². The Bertz CT molecular complexity index is 850. The number of aromatic nitrogens is 1. The number of amides is 1. The van der Waals surface area contributed by atoms with Crippen molar-refractivity contribution < 1.29 is 14.7 Å². The lowest BCUT2D eigenvalue weighted by Crippen LogP contribution is -2.25. The Morgan fingerprint density at radius 1 is 1.00 bits per heavy atom. The molecule has 1 aromatic heterocycles. The van der Waals surface area contributed by atoms with Crippen LogP contribution in [0.3, 0.4) is 0 Å². The molecule has 0 aliphatic heterocycles. The van der Waals surface area contributed by atoms with Gasteiger partial charge in [0.15, 0.2) is 0 Å². The fourth-order valence-corrected chi connectivity index (χ4v) is 2.43. The quantitative estimate of drug-likeness (QED) is 0.678. The van der Waals surface area contributed by atoms with Gasteiger partial charge in [-0.05, 0) is 47.7 Å². The van der Waals surface area contributed by atoms with Gasteiger partial charge in [-0.2, -0.15) is 0 Å². The van der Waals surface area contributed by atoms with Crippen LogP contribution in [0.5, 0.6) is 0 Å². The number of carboxylic acid groups (broad SMARTS) is 1. The Kier molecular flexibility index (Phi) is 4.10. The number of hydrogen-bond acceptors (Lipinski definition) is 2. The molecule has 1 heterocycles. The van der Waals surface area contributed by atoms with E-state index < -0.39 is 5.97 Å². The summed E-state index contributed by atoms with van der Waals surface area (Å²) < 4.78 is 0. The predicted octanol–water partition coefficient (Wildman–Crippen LogP) is 2.84. The molecule has 0 bridgehead atoms. The third kappa shape index (κ3) is 3.40. The van der Waals surface area contributed by atoms with E-state index in [1.165, 1.54) is 0 Å². The zero-order chi connectivity index (χ0) is 16.2. The third-order valence-electron chi connectivity index (χ3n) is 3.72. The van der Waals surface area contributed by atoms with E-state index in [9.17, 15) is 9.59 Å². The van der Waals surface area contributed by atoms with Crippen LogP contribution in [0, 0.1) is 0 Å². The van der Waals surface area contributed by atoms with E-state index in [0.717, 1.165) is 16.5 Å². The van der Waals surface area contributed by atoms with Crippen LogP contribution in [-0.2, 0) is 6.42 Å². The lowest BCUT2D eigenvalue weighted by Gasteiger charge is -2.06. The smallest absolute Gasteiger partial charge is 0.335 e. The van der Waals surface area contributed by atoms with E-state index in [4.69, 9.17) is 5.11 Å². The minimum atomic E-state index is -0.940. The summed E-state index contributed by atoms with van der Waals surface area (Å²) in [6.45, 7) is 0.494. The van der Waals surface area contributed by atoms with Gasteiger partial charge < -0.3 is 15.4 Å². The topological polar surface area (TPSA) is 82.2 Å². The number of rotatable bonds is 5. The molecule has 1 amide bonds. The summed E-state index contributed by atoms with van der Waals surface area (Å²) in [5.74, 6) is -1.06. The van der Waals surface area contributed by atoms with Crippen molar-refractivity contribution >= 4 is 22.8 Å². The van der Waals surface area contributed by atoms with Gasteiger partial charge in [-0.1, -0.05) is 18.2 Å². The Labute approximate surface area is 133 Å². The first-order valence-electron chi connectivity index (χ1n) is 7.31. The molecular formula is C18H16N2O3. The lowest BCUT2D eigenvalue weighted by atomic mass is 10.1. The molecule has 3 rings (SSSR count). The molecule has 0 saturated carbocycles. The van der Waals surface area contributed by atoms with Crippen LogP contribution < -0.4 is 5.32 Å². The number of fused-ring (bicyclic) bond motifs is 1. The summed E-state index contributed by atoms with van der Waals surface area (Å²) in [5, 5.41) is 12.8. The molecule has 0 aliphatic rings. The molecule has 3 aromatic rings. The van der Waals surface area contributed by atoms with Crippen molar-refractivity contribution in [1.29, 1.82) is 0 Å². The summed E-state index contributed by atoms with van der Waals surface area (Å²) in [6.07, 6.45) is 2.49. The largest absolute Gasteiger partial charge is 0.478 e. The summed E-state index contributed by atoms with van der Waals surface area (Å²) in [7, 11) is 0. The van der Waals surface area contributed by atoms with Crippen LogP contribution in [0.25, 0.3) is 10.9 Å². The van der Waals surface area contributed by atoms with Crippen LogP contribution in [-0.4, -0.2) is 28.5 Å². The Hall–Kier alpha value is -3.08. The van der Waals surface area contributed by atoms with E-state index in [-0.39, 0.29) is 11.5 Å². The summed E-state index contributed by atoms with van der Waals surface area (Å²) in [5.41, 5.74) is 2.79. The van der Waals surface area contributed by atoms with Gasteiger partial charge in [0, 0.05) is 23.8 Å². The number of benzene rings is 2. The molecule has 2 aromatic carbocycles. The van der Waals surface area contributed by atoms with E-state index in [1.807, 2.05) is 24.4 Å². The highest BCUT2D eigenvalue weighted by molar-refractivity contribution is 5.97. The highest BCUT2D eigenvalue weighted by Gasteiger charge is 2.07. The number of nitrogens with one attached hydrogen (secondary N) is 2. The average molecular weight is 308 g/mol. The maximum atomic E-state index is 12.1. The number of carboxylic acids is 1. The molecular weight excluding hydrogens is 292 g/mol. The van der Waals surface area contributed by atoms with Crippen LogP contribution in [0.1, 0.15) is 26.3 Å². The second-order valence-electron chi connectivity index (χ2n) is 5.29. The fourth-order valence-electron chi connectivity index (χ4n) is 2.43. The van der Waals surface area contributed by atoms with Gasteiger partial charge in [0.1, 0.15) is 0 Å². The van der Waals surface area contributed by atoms with Crippen molar-refractivity contribution in [3.8, 4) is 0 Å². The van der Waals surface area contributed by atoms with Gasteiger partial charge in [-0.15, -0.1) is 0 Å². The van der Waals surface area contributed by atoms with Crippen LogP contribution in [0.4, 0.5) is 0 Å². The van der Waals surface area contributed by atoms with Gasteiger partial charge in [-0.25, -0.2) is 4.79 Å². The zero-order valence-corrected chi connectivity index (χ0v) is 12.4. The second kappa shape index (κ2) is 6.36. The minimum Gasteiger partial charge on any atom is -0.478 e. The Balaban J connectivity index is 1.57. The van der Waals surface area contributed by atoms with Gasteiger partial charge in [0.2, 0.25) is 0 Å². The number of hydrogen-bond donors (Lipinski definition) is 3. The van der Waals surface area contributed by atoms with E-state index in [2.05, 4.69) is 10.3 Å². The highest BCUT2D eigenvalue weighted by atomic mass is 16.4. The van der Waals surface area contributed by atoms with Crippen molar-refractivity contribution in [2.24, 2.45) is 0 Å². The maximum Gasteiger partial charge on any atom is 0.335 e. The Morgan fingerprint density at radius 3 is 2.48 bits per heavy atom. The third-order valence-corrected chi connectivity index (χ3v) is 3.72. The van der Waals surface area contributed by atoms with Crippen molar-refractivity contribution in [3.05, 3.63) is 71.4 Å². The van der Waals surface area contributed by atoms with E-state index in [1.54, 1.807) is 30.3 Å². The zero-order valence-electron chi connectivity index (χ0n) is 12.4. The average Bonchev–Trinajstić information content (AvgIpc) is 3.02. The van der Waals surface area contributed by atoms with Gasteiger partial charge in [0.05, 0.1) is 5.56 Å². The summed E-state index contributed by atoms with van der Waals surface area (Å²) >= 11 is 0. The van der Waals surface area contributed by atoms with Crippen molar-refractivity contribution in [3.63, 3.8) is 0 Å². The summed E-state index contributed by atoms with van der Waals surface area (Å²) in [4.78, 5) is 26.0. The second-order valence-corrected chi connectivity index (χ2v) is 5.29. The van der Waals surface area contributed by atoms with Gasteiger partial charge >= 0.3 is 5.97 Å². The molecule has 23 heavy (non-hydrogen) atoms. The maximum absolute atomic E-state index is 12.1. The van der Waals surface area contributed by atoms with Crippen LogP contribution >= 0.6 is 0 Å². The number of H-pyrrole nitrogens is 1. The highest BCUT2D eigenvalue weighted by Crippen LogP contribution is 2.14. The monoisotopic (exact) mass is 308 g/mol. The molecule has 0 spiro atoms. The van der Waals surface area contributed by atoms with E-state index >= 15 is 0 Å². The lowest BCUT2D eigenvalue weighted by molar-refractivity contribution is 0.0696. The van der Waals surface area contributed by atoms with Crippen LogP contribution in [0.15, 0.2) is 54.7 Å². The molecule has 3 N–H and O–H groups in total. The fraction of sp³-hybridized carbons (Fsp3) is 0.111. The van der Waals surface area contributed by atoms with E-state index in [0.29, 0.717) is 18.5 Å². The standard InChI is InChI=1S/C18H16N2O3/c21-17(15-6-5-13-8-10-19-16(13)11-15)20-9-7-12-1-3-14(4-2-12)18(22)23/h1-6,8,10-11,19H,7,9H2,(H,20,21)(H,22,23). The SMILES string of the molecule is O=C(O)c1ccc(CCNC(=O)c2ccc3cc[nH]c3c2)cc1. The van der Waals surface area contributed by atoms with Crippen molar-refractivity contribution in [2.75, 3.05) is 6.54 Å². The normalized spacial score (nSPS) is 10.6. The first-order valence-corrected chi connectivity index (χ1v) is 7.31. The Morgan fingerprint density at radius 2 is 1.74 bits per heavy atom. The summed E-state index contributed by atoms with van der Waals surface area (Å²) in [6, 6.07) is 14.2. The number of aromatic amines is 1. The molecule has 0 atom stereocenters. The molecule has 0 radical (unpaired) electrons. The molecule has 5 nitrogen and oxygen atoms in total. The van der Waals surface area contributed by atoms with Gasteiger partial charge in [-0.3, -0.25) is 4.79 Å². The van der Waals surface area contributed by atoms with Crippen molar-refractivity contribution in [1.82, 2.24) is 10.3 Å². The number of carbonyl (C=O) groups is 2. The molecule has 0 aliphatic carbocycles. The molecule has 116 valence electrons. The minimum absolute atomic E-state index is 0.122. The number of aromatic carboxylic acids is 1. The molecule has 0 unspecified atom stereocenters.